The van der Waals surface area contributed by atoms with Crippen LogP contribution < -0.4 is 0 Å². The van der Waals surface area contributed by atoms with Crippen LogP contribution >= 0.6 is 0 Å². The van der Waals surface area contributed by atoms with Crippen LogP contribution in [-0.4, -0.2) is 18.0 Å². The SMILES string of the molecule is C=C/C=C1/CN(C(C(=C)C)c2ccccc2)CCC1C. The number of hydrogen-bond acceptors (Lipinski definition) is 1. The lowest BCUT2D eigenvalue weighted by molar-refractivity contribution is 0.196. The van der Waals surface area contributed by atoms with Gasteiger partial charge in [-0.25, -0.2) is 0 Å². The molecule has 1 aromatic rings. The Morgan fingerprint density at radius 3 is 2.65 bits per heavy atom. The van der Waals surface area contributed by atoms with Gasteiger partial charge in [0.15, 0.2) is 0 Å². The first-order valence-electron chi connectivity index (χ1n) is 7.39. The lowest BCUT2D eigenvalue weighted by Crippen LogP contribution is -2.38. The highest BCUT2D eigenvalue weighted by Crippen LogP contribution is 2.33. The van der Waals surface area contributed by atoms with Crippen LogP contribution in [0.3, 0.4) is 0 Å². The second-order valence-corrected chi connectivity index (χ2v) is 5.80. The van der Waals surface area contributed by atoms with Crippen molar-refractivity contribution in [2.75, 3.05) is 13.1 Å². The Morgan fingerprint density at radius 1 is 1.35 bits per heavy atom. The summed E-state index contributed by atoms with van der Waals surface area (Å²) in [4.78, 5) is 2.53. The first-order chi connectivity index (χ1) is 9.63. The van der Waals surface area contributed by atoms with E-state index in [4.69, 9.17) is 0 Å². The third kappa shape index (κ3) is 3.29. The summed E-state index contributed by atoms with van der Waals surface area (Å²) < 4.78 is 0. The summed E-state index contributed by atoms with van der Waals surface area (Å²) in [7, 11) is 0. The Bertz CT molecular complexity index is 498. The van der Waals surface area contributed by atoms with E-state index in [1.165, 1.54) is 23.1 Å². The number of hydrogen-bond donors (Lipinski definition) is 0. The standard InChI is InChI=1S/C19H25N/c1-5-9-18-14-20(13-12-16(18)4)19(15(2)3)17-10-7-6-8-11-17/h5-11,16,19H,1-2,12-14H2,3-4H3/b18-9-. The van der Waals surface area contributed by atoms with Crippen LogP contribution in [0.15, 0.2) is 66.8 Å². The van der Waals surface area contributed by atoms with Gasteiger partial charge in [0, 0.05) is 6.54 Å². The van der Waals surface area contributed by atoms with Crippen LogP contribution in [0.25, 0.3) is 0 Å². The van der Waals surface area contributed by atoms with Crippen molar-refractivity contribution in [2.24, 2.45) is 5.92 Å². The molecule has 1 aliphatic heterocycles. The zero-order chi connectivity index (χ0) is 14.5. The van der Waals surface area contributed by atoms with E-state index in [9.17, 15) is 0 Å². The predicted octanol–water partition coefficient (Wildman–Crippen LogP) is 4.76. The highest BCUT2D eigenvalue weighted by molar-refractivity contribution is 5.28. The lowest BCUT2D eigenvalue weighted by atomic mass is 9.89. The largest absolute Gasteiger partial charge is 0.289 e. The molecule has 2 atom stereocenters. The fourth-order valence-electron chi connectivity index (χ4n) is 3.05. The molecule has 0 saturated carbocycles. The predicted molar refractivity (Wildman–Crippen MR) is 87.6 cm³/mol. The van der Waals surface area contributed by atoms with E-state index >= 15 is 0 Å². The van der Waals surface area contributed by atoms with Gasteiger partial charge in [0.1, 0.15) is 0 Å². The van der Waals surface area contributed by atoms with Crippen molar-refractivity contribution in [2.45, 2.75) is 26.3 Å². The molecule has 1 nitrogen and oxygen atoms in total. The molecule has 1 aromatic carbocycles. The smallest absolute Gasteiger partial charge is 0.0558 e. The molecular weight excluding hydrogens is 242 g/mol. The Hall–Kier alpha value is -1.60. The molecule has 1 heteroatoms. The van der Waals surface area contributed by atoms with Crippen LogP contribution in [0.2, 0.25) is 0 Å². The molecule has 106 valence electrons. The van der Waals surface area contributed by atoms with Gasteiger partial charge in [-0.2, -0.15) is 0 Å². The number of rotatable bonds is 4. The van der Waals surface area contributed by atoms with Gasteiger partial charge in [0.25, 0.3) is 0 Å². The van der Waals surface area contributed by atoms with Gasteiger partial charge in [-0.05, 0) is 31.4 Å². The topological polar surface area (TPSA) is 3.24 Å². The number of nitrogens with zero attached hydrogens (tertiary/aromatic N) is 1. The van der Waals surface area contributed by atoms with E-state index in [0.29, 0.717) is 12.0 Å². The minimum atomic E-state index is 0.317. The van der Waals surface area contributed by atoms with Gasteiger partial charge in [0.05, 0.1) is 6.04 Å². The Balaban J connectivity index is 2.25. The number of likely N-dealkylation sites (tertiary alicyclic amines) is 1. The maximum absolute atomic E-state index is 4.22. The lowest BCUT2D eigenvalue weighted by Gasteiger charge is -2.39. The summed E-state index contributed by atoms with van der Waals surface area (Å²) in [5.74, 6) is 0.658. The Kier molecular flexibility index (Phi) is 4.97. The van der Waals surface area contributed by atoms with Gasteiger partial charge < -0.3 is 0 Å². The average molecular weight is 267 g/mol. The summed E-state index contributed by atoms with van der Waals surface area (Å²) in [5.41, 5.74) is 4.03. The fourth-order valence-corrected chi connectivity index (χ4v) is 3.05. The van der Waals surface area contributed by atoms with Gasteiger partial charge in [-0.1, -0.05) is 73.7 Å². The maximum Gasteiger partial charge on any atom is 0.0558 e. The molecule has 0 N–H and O–H groups in total. The van der Waals surface area contributed by atoms with E-state index < -0.39 is 0 Å². The van der Waals surface area contributed by atoms with Crippen LogP contribution in [0, 0.1) is 5.92 Å². The molecule has 1 heterocycles. The minimum Gasteiger partial charge on any atom is -0.289 e. The number of allylic oxidation sites excluding steroid dienone is 2. The Labute approximate surface area is 123 Å². The molecule has 1 fully saturated rings. The summed E-state index contributed by atoms with van der Waals surface area (Å²) in [6, 6.07) is 11.0. The first kappa shape index (κ1) is 14.8. The highest BCUT2D eigenvalue weighted by Gasteiger charge is 2.27. The summed E-state index contributed by atoms with van der Waals surface area (Å²) in [6.45, 7) is 14.6. The van der Waals surface area contributed by atoms with Crippen LogP contribution in [0.5, 0.6) is 0 Å². The Morgan fingerprint density at radius 2 is 2.05 bits per heavy atom. The maximum atomic E-state index is 4.22. The number of piperidine rings is 1. The molecule has 1 saturated heterocycles. The van der Waals surface area contributed by atoms with Gasteiger partial charge in [0.2, 0.25) is 0 Å². The summed E-state index contributed by atoms with van der Waals surface area (Å²) >= 11 is 0. The van der Waals surface area contributed by atoms with E-state index in [0.717, 1.165) is 13.1 Å². The van der Waals surface area contributed by atoms with Gasteiger partial charge in [-0.15, -0.1) is 0 Å². The molecule has 2 rings (SSSR count). The van der Waals surface area contributed by atoms with Crippen molar-refractivity contribution in [3.05, 3.63) is 72.4 Å². The van der Waals surface area contributed by atoms with Crippen molar-refractivity contribution < 1.29 is 0 Å². The number of benzene rings is 1. The quantitative estimate of drug-likeness (QED) is 0.711. The molecule has 0 aliphatic carbocycles. The van der Waals surface area contributed by atoms with Crippen LogP contribution in [0.4, 0.5) is 0 Å². The van der Waals surface area contributed by atoms with E-state index in [1.807, 2.05) is 6.08 Å². The monoisotopic (exact) mass is 267 g/mol. The third-order valence-electron chi connectivity index (χ3n) is 4.15. The first-order valence-corrected chi connectivity index (χ1v) is 7.39. The fraction of sp³-hybridized carbons (Fsp3) is 0.368. The molecule has 1 aliphatic rings. The molecule has 0 bridgehead atoms. The van der Waals surface area contributed by atoms with E-state index in [2.05, 4.69) is 68.3 Å². The highest BCUT2D eigenvalue weighted by atomic mass is 15.2. The second-order valence-electron chi connectivity index (χ2n) is 5.80. The van der Waals surface area contributed by atoms with Crippen molar-refractivity contribution >= 4 is 0 Å². The van der Waals surface area contributed by atoms with E-state index in [-0.39, 0.29) is 0 Å². The molecule has 0 radical (unpaired) electrons. The zero-order valence-corrected chi connectivity index (χ0v) is 12.7. The minimum absolute atomic E-state index is 0.317. The summed E-state index contributed by atoms with van der Waals surface area (Å²) in [6.07, 6.45) is 5.29. The van der Waals surface area contributed by atoms with E-state index in [1.54, 1.807) is 0 Å². The molecule has 2 unspecified atom stereocenters. The van der Waals surface area contributed by atoms with Crippen LogP contribution in [-0.2, 0) is 0 Å². The van der Waals surface area contributed by atoms with Crippen molar-refractivity contribution in [1.29, 1.82) is 0 Å². The third-order valence-corrected chi connectivity index (χ3v) is 4.15. The second kappa shape index (κ2) is 6.71. The van der Waals surface area contributed by atoms with Gasteiger partial charge >= 0.3 is 0 Å². The van der Waals surface area contributed by atoms with Crippen molar-refractivity contribution in [1.82, 2.24) is 4.90 Å². The molecular formula is C19H25N. The van der Waals surface area contributed by atoms with Crippen molar-refractivity contribution in [3.63, 3.8) is 0 Å². The molecule has 20 heavy (non-hydrogen) atoms. The normalized spacial score (nSPS) is 23.5. The molecule has 0 amide bonds. The molecule has 0 aromatic heterocycles. The van der Waals surface area contributed by atoms with Crippen LogP contribution in [0.1, 0.15) is 31.9 Å². The average Bonchev–Trinajstić information content (AvgIpc) is 2.44. The zero-order valence-electron chi connectivity index (χ0n) is 12.7. The van der Waals surface area contributed by atoms with Crippen molar-refractivity contribution in [3.8, 4) is 0 Å². The van der Waals surface area contributed by atoms with Gasteiger partial charge in [-0.3, -0.25) is 4.90 Å². The molecule has 0 spiro atoms. The summed E-state index contributed by atoms with van der Waals surface area (Å²) in [5, 5.41) is 0.